The van der Waals surface area contributed by atoms with Crippen LogP contribution in [0.25, 0.3) is 0 Å². The maximum atomic E-state index is 12.1. The van der Waals surface area contributed by atoms with Crippen LogP contribution in [0, 0.1) is 5.92 Å². The molecule has 0 aromatic heterocycles. The summed E-state index contributed by atoms with van der Waals surface area (Å²) in [4.78, 5) is 16.6. The Morgan fingerprint density at radius 3 is 2.59 bits per heavy atom. The summed E-state index contributed by atoms with van der Waals surface area (Å²) in [6.45, 7) is 10.4. The average molecular weight is 239 g/mol. The second kappa shape index (κ2) is 5.83. The molecule has 2 aliphatic heterocycles. The molecule has 2 heterocycles. The van der Waals surface area contributed by atoms with Crippen molar-refractivity contribution in [2.24, 2.45) is 5.92 Å². The van der Waals surface area contributed by atoms with Crippen LogP contribution in [-0.2, 0) is 4.79 Å². The van der Waals surface area contributed by atoms with Gasteiger partial charge in [0.1, 0.15) is 0 Å². The van der Waals surface area contributed by atoms with Crippen molar-refractivity contribution in [1.82, 2.24) is 15.1 Å². The van der Waals surface area contributed by atoms with Gasteiger partial charge in [0.05, 0.1) is 0 Å². The van der Waals surface area contributed by atoms with Crippen molar-refractivity contribution in [2.45, 2.75) is 32.7 Å². The predicted octanol–water partition coefficient (Wildman–Crippen LogP) is 0.539. The zero-order valence-corrected chi connectivity index (χ0v) is 11.1. The van der Waals surface area contributed by atoms with E-state index in [0.29, 0.717) is 17.9 Å². The third kappa shape index (κ3) is 3.42. The number of carbonyl (C=O) groups is 1. The average Bonchev–Trinajstić information content (AvgIpc) is 2.79. The molecular weight excluding hydrogens is 214 g/mol. The van der Waals surface area contributed by atoms with Gasteiger partial charge in [0, 0.05) is 45.2 Å². The first-order chi connectivity index (χ1) is 8.16. The summed E-state index contributed by atoms with van der Waals surface area (Å²) in [5, 5.41) is 3.28. The van der Waals surface area contributed by atoms with E-state index in [-0.39, 0.29) is 0 Å². The van der Waals surface area contributed by atoms with Gasteiger partial charge >= 0.3 is 0 Å². The van der Waals surface area contributed by atoms with Gasteiger partial charge in [0.15, 0.2) is 0 Å². The standard InChI is InChI=1S/C13H25N3O/c1-11(2)16-6-3-12(10-16)9-13(17)15-7-4-14-5-8-15/h11-12,14H,3-10H2,1-2H3. The van der Waals surface area contributed by atoms with Gasteiger partial charge in [-0.3, -0.25) is 4.79 Å². The van der Waals surface area contributed by atoms with Crippen molar-refractivity contribution < 1.29 is 4.79 Å². The number of hydrogen-bond donors (Lipinski definition) is 1. The maximum Gasteiger partial charge on any atom is 0.222 e. The summed E-state index contributed by atoms with van der Waals surface area (Å²) in [5.41, 5.74) is 0. The minimum absolute atomic E-state index is 0.363. The molecule has 1 N–H and O–H groups in total. The number of piperazine rings is 1. The molecule has 0 radical (unpaired) electrons. The van der Waals surface area contributed by atoms with Crippen LogP contribution in [0.4, 0.5) is 0 Å². The topological polar surface area (TPSA) is 35.6 Å². The highest BCUT2D eigenvalue weighted by atomic mass is 16.2. The smallest absolute Gasteiger partial charge is 0.222 e. The Hall–Kier alpha value is -0.610. The molecule has 2 fully saturated rings. The van der Waals surface area contributed by atoms with Crippen LogP contribution in [-0.4, -0.2) is 61.0 Å². The Balaban J connectivity index is 1.75. The van der Waals surface area contributed by atoms with E-state index in [9.17, 15) is 4.79 Å². The lowest BCUT2D eigenvalue weighted by Crippen LogP contribution is -2.46. The highest BCUT2D eigenvalue weighted by molar-refractivity contribution is 5.76. The minimum atomic E-state index is 0.363. The molecule has 0 aromatic rings. The molecule has 0 spiro atoms. The van der Waals surface area contributed by atoms with Crippen LogP contribution < -0.4 is 5.32 Å². The van der Waals surface area contributed by atoms with Crippen molar-refractivity contribution in [1.29, 1.82) is 0 Å². The normalized spacial score (nSPS) is 26.8. The number of nitrogens with one attached hydrogen (secondary N) is 1. The third-order valence-corrected chi connectivity index (χ3v) is 3.98. The van der Waals surface area contributed by atoms with Gasteiger partial charge < -0.3 is 15.1 Å². The monoisotopic (exact) mass is 239 g/mol. The van der Waals surface area contributed by atoms with Crippen molar-refractivity contribution in [3.63, 3.8) is 0 Å². The molecule has 0 saturated carbocycles. The Bertz CT molecular complexity index is 261. The molecule has 0 aliphatic carbocycles. The zero-order chi connectivity index (χ0) is 12.3. The molecule has 2 saturated heterocycles. The molecule has 1 atom stereocenters. The van der Waals surface area contributed by atoms with E-state index >= 15 is 0 Å². The number of carbonyl (C=O) groups excluding carboxylic acids is 1. The van der Waals surface area contributed by atoms with Crippen LogP contribution in [0.1, 0.15) is 26.7 Å². The van der Waals surface area contributed by atoms with E-state index in [2.05, 4.69) is 24.1 Å². The molecule has 2 rings (SSSR count). The summed E-state index contributed by atoms with van der Waals surface area (Å²) in [6, 6.07) is 0.620. The predicted molar refractivity (Wildman–Crippen MR) is 68.9 cm³/mol. The molecule has 4 nitrogen and oxygen atoms in total. The van der Waals surface area contributed by atoms with Gasteiger partial charge in [0.25, 0.3) is 0 Å². The molecule has 98 valence electrons. The highest BCUT2D eigenvalue weighted by Crippen LogP contribution is 2.22. The van der Waals surface area contributed by atoms with Crippen molar-refractivity contribution in [2.75, 3.05) is 39.3 Å². The summed E-state index contributed by atoms with van der Waals surface area (Å²) in [6.07, 6.45) is 1.94. The fourth-order valence-electron chi connectivity index (χ4n) is 2.79. The van der Waals surface area contributed by atoms with Crippen LogP contribution in [0.3, 0.4) is 0 Å². The first-order valence-corrected chi connectivity index (χ1v) is 6.89. The van der Waals surface area contributed by atoms with E-state index in [1.54, 1.807) is 0 Å². The SMILES string of the molecule is CC(C)N1CCC(CC(=O)N2CCNCC2)C1. The molecule has 0 aromatic carbocycles. The first-order valence-electron chi connectivity index (χ1n) is 6.89. The molecule has 1 unspecified atom stereocenters. The van der Waals surface area contributed by atoms with Crippen LogP contribution in [0.15, 0.2) is 0 Å². The lowest BCUT2D eigenvalue weighted by atomic mass is 10.0. The summed E-state index contributed by atoms with van der Waals surface area (Å²) < 4.78 is 0. The quantitative estimate of drug-likeness (QED) is 0.781. The zero-order valence-electron chi connectivity index (χ0n) is 11.1. The summed E-state index contributed by atoms with van der Waals surface area (Å²) in [7, 11) is 0. The van der Waals surface area contributed by atoms with E-state index in [1.807, 2.05) is 4.90 Å². The Morgan fingerprint density at radius 1 is 1.29 bits per heavy atom. The molecule has 2 aliphatic rings. The van der Waals surface area contributed by atoms with Crippen LogP contribution in [0.5, 0.6) is 0 Å². The lowest BCUT2D eigenvalue weighted by molar-refractivity contribution is -0.132. The Morgan fingerprint density at radius 2 is 2.00 bits per heavy atom. The number of hydrogen-bond acceptors (Lipinski definition) is 3. The Kier molecular flexibility index (Phi) is 4.40. The second-order valence-corrected chi connectivity index (χ2v) is 5.58. The second-order valence-electron chi connectivity index (χ2n) is 5.58. The largest absolute Gasteiger partial charge is 0.340 e. The molecule has 4 heteroatoms. The van der Waals surface area contributed by atoms with Crippen LogP contribution >= 0.6 is 0 Å². The van der Waals surface area contributed by atoms with E-state index < -0.39 is 0 Å². The first kappa shape index (κ1) is 12.8. The molecule has 0 bridgehead atoms. The molecule has 17 heavy (non-hydrogen) atoms. The highest BCUT2D eigenvalue weighted by Gasteiger charge is 2.27. The third-order valence-electron chi connectivity index (χ3n) is 3.98. The van der Waals surface area contributed by atoms with Crippen molar-refractivity contribution in [3.05, 3.63) is 0 Å². The Labute approximate surface area is 104 Å². The molecule has 1 amide bonds. The maximum absolute atomic E-state index is 12.1. The number of likely N-dealkylation sites (tertiary alicyclic amines) is 1. The van der Waals surface area contributed by atoms with E-state index in [1.165, 1.54) is 6.42 Å². The van der Waals surface area contributed by atoms with Gasteiger partial charge in [-0.05, 0) is 32.7 Å². The van der Waals surface area contributed by atoms with Crippen molar-refractivity contribution >= 4 is 5.91 Å². The lowest BCUT2D eigenvalue weighted by Gasteiger charge is -2.28. The van der Waals surface area contributed by atoms with Gasteiger partial charge in [-0.2, -0.15) is 0 Å². The summed E-state index contributed by atoms with van der Waals surface area (Å²) >= 11 is 0. The van der Waals surface area contributed by atoms with Gasteiger partial charge in [-0.1, -0.05) is 0 Å². The van der Waals surface area contributed by atoms with Crippen molar-refractivity contribution in [3.8, 4) is 0 Å². The number of rotatable bonds is 3. The minimum Gasteiger partial charge on any atom is -0.340 e. The van der Waals surface area contributed by atoms with Gasteiger partial charge in [0.2, 0.25) is 5.91 Å². The van der Waals surface area contributed by atoms with E-state index in [4.69, 9.17) is 0 Å². The summed E-state index contributed by atoms with van der Waals surface area (Å²) in [5.74, 6) is 0.946. The van der Waals surface area contributed by atoms with Gasteiger partial charge in [-0.25, -0.2) is 0 Å². The molecular formula is C13H25N3O. The van der Waals surface area contributed by atoms with E-state index in [0.717, 1.165) is 45.7 Å². The van der Waals surface area contributed by atoms with Crippen LogP contribution in [0.2, 0.25) is 0 Å². The fraction of sp³-hybridized carbons (Fsp3) is 0.923. The number of nitrogens with zero attached hydrogens (tertiary/aromatic N) is 2. The fourth-order valence-corrected chi connectivity index (χ4v) is 2.79. The van der Waals surface area contributed by atoms with Gasteiger partial charge in [-0.15, -0.1) is 0 Å². The number of amides is 1.